The van der Waals surface area contributed by atoms with Crippen molar-refractivity contribution in [3.8, 4) is 0 Å². The van der Waals surface area contributed by atoms with Crippen LogP contribution in [-0.2, 0) is 4.79 Å². The summed E-state index contributed by atoms with van der Waals surface area (Å²) in [6, 6.07) is 0. The molecule has 1 unspecified atom stereocenters. The molecule has 0 saturated heterocycles. The Balaban J connectivity index is 2.26. The lowest BCUT2D eigenvalue weighted by Gasteiger charge is -2.23. The van der Waals surface area contributed by atoms with Gasteiger partial charge in [0.25, 0.3) is 0 Å². The summed E-state index contributed by atoms with van der Waals surface area (Å²) in [6.07, 6.45) is 7.99. The Morgan fingerprint density at radius 3 is 2.35 bits per heavy atom. The van der Waals surface area contributed by atoms with E-state index in [1.54, 1.807) is 0 Å². The van der Waals surface area contributed by atoms with Crippen molar-refractivity contribution in [2.45, 2.75) is 64.2 Å². The molecule has 1 saturated carbocycles. The number of hydrogen-bond acceptors (Lipinski definition) is 1. The largest absolute Gasteiger partial charge is 0.354 e. The Bertz CT molecular complexity index is 222. The summed E-state index contributed by atoms with van der Waals surface area (Å²) >= 11 is 6.32. The molecule has 0 aromatic carbocycles. The van der Waals surface area contributed by atoms with Crippen LogP contribution in [0.1, 0.15) is 58.8 Å². The molecule has 3 heteroatoms. The summed E-state index contributed by atoms with van der Waals surface area (Å²) in [4.78, 5) is 11.9. The first kappa shape index (κ1) is 14.8. The molecule has 1 atom stereocenters. The minimum atomic E-state index is 0.0811. The summed E-state index contributed by atoms with van der Waals surface area (Å²) in [6.45, 7) is 4.95. The summed E-state index contributed by atoms with van der Waals surface area (Å²) in [5, 5.41) is 3.11. The number of carbonyl (C=O) groups is 1. The average molecular weight is 260 g/mol. The van der Waals surface area contributed by atoms with Gasteiger partial charge in [0.05, 0.1) is 5.38 Å². The highest BCUT2D eigenvalue weighted by Crippen LogP contribution is 2.24. The molecule has 1 rings (SSSR count). The standard InChI is InChI=1S/C14H26ClNO/c1-3-11(4-2)13(15)10-16-14(17)12-8-6-5-7-9-12/h11-13H,3-10H2,1-2H3,(H,16,17). The molecule has 1 aliphatic carbocycles. The molecule has 17 heavy (non-hydrogen) atoms. The number of halogens is 1. The molecule has 1 aliphatic rings. The van der Waals surface area contributed by atoms with Crippen LogP contribution in [0.25, 0.3) is 0 Å². The van der Waals surface area contributed by atoms with Gasteiger partial charge in [-0.1, -0.05) is 46.0 Å². The molecule has 1 amide bonds. The van der Waals surface area contributed by atoms with Crippen LogP contribution in [0.3, 0.4) is 0 Å². The second-order valence-corrected chi connectivity index (χ2v) is 5.73. The number of hydrogen-bond donors (Lipinski definition) is 1. The molecule has 1 N–H and O–H groups in total. The Labute approximate surface area is 110 Å². The fourth-order valence-corrected chi connectivity index (χ4v) is 3.11. The van der Waals surface area contributed by atoms with Crippen molar-refractivity contribution in [3.05, 3.63) is 0 Å². The van der Waals surface area contributed by atoms with Crippen LogP contribution in [0.2, 0.25) is 0 Å². The summed E-state index contributed by atoms with van der Waals surface area (Å²) in [5.74, 6) is 0.985. The molecule has 0 spiro atoms. The third-order valence-electron chi connectivity index (χ3n) is 4.01. The van der Waals surface area contributed by atoms with Gasteiger partial charge in [0, 0.05) is 12.5 Å². The zero-order chi connectivity index (χ0) is 12.7. The van der Waals surface area contributed by atoms with Crippen LogP contribution in [-0.4, -0.2) is 17.8 Å². The fraction of sp³-hybridized carbons (Fsp3) is 0.929. The number of carbonyl (C=O) groups excluding carboxylic acids is 1. The van der Waals surface area contributed by atoms with E-state index in [-0.39, 0.29) is 17.2 Å². The maximum atomic E-state index is 11.9. The van der Waals surface area contributed by atoms with Crippen molar-refractivity contribution in [3.63, 3.8) is 0 Å². The molecule has 0 heterocycles. The van der Waals surface area contributed by atoms with E-state index in [9.17, 15) is 4.79 Å². The van der Waals surface area contributed by atoms with Crippen molar-refractivity contribution in [1.82, 2.24) is 5.32 Å². The third kappa shape index (κ3) is 4.87. The van der Waals surface area contributed by atoms with Gasteiger partial charge >= 0.3 is 0 Å². The quantitative estimate of drug-likeness (QED) is 0.724. The van der Waals surface area contributed by atoms with E-state index in [2.05, 4.69) is 19.2 Å². The third-order valence-corrected chi connectivity index (χ3v) is 4.52. The van der Waals surface area contributed by atoms with Gasteiger partial charge in [0.2, 0.25) is 5.91 Å². The molecule has 0 aromatic heterocycles. The van der Waals surface area contributed by atoms with Crippen molar-refractivity contribution < 1.29 is 4.79 Å². The molecule has 100 valence electrons. The highest BCUT2D eigenvalue weighted by Gasteiger charge is 2.22. The molecular formula is C14H26ClNO. The molecular weight excluding hydrogens is 234 g/mol. The Hall–Kier alpha value is -0.240. The maximum absolute atomic E-state index is 11.9. The predicted molar refractivity (Wildman–Crippen MR) is 73.3 cm³/mol. The van der Waals surface area contributed by atoms with E-state index >= 15 is 0 Å². The summed E-state index contributed by atoms with van der Waals surface area (Å²) < 4.78 is 0. The van der Waals surface area contributed by atoms with Gasteiger partial charge in [-0.15, -0.1) is 11.6 Å². The lowest BCUT2D eigenvalue weighted by molar-refractivity contribution is -0.125. The molecule has 0 aromatic rings. The number of amides is 1. The highest BCUT2D eigenvalue weighted by molar-refractivity contribution is 6.21. The Morgan fingerprint density at radius 1 is 1.24 bits per heavy atom. The van der Waals surface area contributed by atoms with Crippen LogP contribution in [0.5, 0.6) is 0 Å². The van der Waals surface area contributed by atoms with Gasteiger partial charge in [-0.25, -0.2) is 0 Å². The Kier molecular flexibility index (Phi) is 6.94. The van der Waals surface area contributed by atoms with Gasteiger partial charge < -0.3 is 5.32 Å². The highest BCUT2D eigenvalue weighted by atomic mass is 35.5. The number of rotatable bonds is 6. The Morgan fingerprint density at radius 2 is 1.82 bits per heavy atom. The minimum Gasteiger partial charge on any atom is -0.354 e. The van der Waals surface area contributed by atoms with Crippen molar-refractivity contribution >= 4 is 17.5 Å². The van der Waals surface area contributed by atoms with E-state index in [1.807, 2.05) is 0 Å². The fourth-order valence-electron chi connectivity index (χ4n) is 2.67. The summed E-state index contributed by atoms with van der Waals surface area (Å²) in [5.41, 5.74) is 0. The molecule has 0 bridgehead atoms. The van der Waals surface area contributed by atoms with E-state index in [0.717, 1.165) is 25.7 Å². The maximum Gasteiger partial charge on any atom is 0.223 e. The van der Waals surface area contributed by atoms with Crippen LogP contribution in [0.4, 0.5) is 0 Å². The first-order valence-corrected chi connectivity index (χ1v) is 7.54. The second-order valence-electron chi connectivity index (χ2n) is 5.17. The van der Waals surface area contributed by atoms with Gasteiger partial charge in [-0.05, 0) is 18.8 Å². The topological polar surface area (TPSA) is 29.1 Å². The van der Waals surface area contributed by atoms with Crippen LogP contribution in [0.15, 0.2) is 0 Å². The summed E-state index contributed by atoms with van der Waals surface area (Å²) in [7, 11) is 0. The van der Waals surface area contributed by atoms with Gasteiger partial charge in [0.1, 0.15) is 0 Å². The van der Waals surface area contributed by atoms with Crippen molar-refractivity contribution in [2.75, 3.05) is 6.54 Å². The minimum absolute atomic E-state index is 0.0811. The predicted octanol–water partition coefficient (Wildman–Crippen LogP) is 3.73. The van der Waals surface area contributed by atoms with Crippen LogP contribution >= 0.6 is 11.6 Å². The normalized spacial score (nSPS) is 19.3. The SMILES string of the molecule is CCC(CC)C(Cl)CNC(=O)C1CCCCC1. The van der Waals surface area contributed by atoms with Gasteiger partial charge in [-0.2, -0.15) is 0 Å². The molecule has 0 radical (unpaired) electrons. The molecule has 0 aliphatic heterocycles. The zero-order valence-corrected chi connectivity index (χ0v) is 11.9. The molecule has 1 fully saturated rings. The lowest BCUT2D eigenvalue weighted by atomic mass is 9.88. The second kappa shape index (κ2) is 7.97. The number of alkyl halides is 1. The number of nitrogens with one attached hydrogen (secondary N) is 1. The van der Waals surface area contributed by atoms with Gasteiger partial charge in [0.15, 0.2) is 0 Å². The van der Waals surface area contributed by atoms with Crippen molar-refractivity contribution in [1.29, 1.82) is 0 Å². The average Bonchev–Trinajstić information content (AvgIpc) is 2.38. The monoisotopic (exact) mass is 259 g/mol. The smallest absolute Gasteiger partial charge is 0.223 e. The first-order valence-electron chi connectivity index (χ1n) is 7.10. The van der Waals surface area contributed by atoms with E-state index in [0.29, 0.717) is 12.5 Å². The first-order chi connectivity index (χ1) is 8.19. The zero-order valence-electron chi connectivity index (χ0n) is 11.2. The van der Waals surface area contributed by atoms with Crippen LogP contribution < -0.4 is 5.32 Å². The van der Waals surface area contributed by atoms with E-state index in [1.165, 1.54) is 19.3 Å². The molecule has 2 nitrogen and oxygen atoms in total. The van der Waals surface area contributed by atoms with E-state index in [4.69, 9.17) is 11.6 Å². The van der Waals surface area contributed by atoms with E-state index < -0.39 is 0 Å². The van der Waals surface area contributed by atoms with Crippen molar-refractivity contribution in [2.24, 2.45) is 11.8 Å². The van der Waals surface area contributed by atoms with Crippen LogP contribution in [0, 0.1) is 11.8 Å². The lowest BCUT2D eigenvalue weighted by Crippen LogP contribution is -2.37. The van der Waals surface area contributed by atoms with Gasteiger partial charge in [-0.3, -0.25) is 4.79 Å².